The Morgan fingerprint density at radius 3 is 2.52 bits per heavy atom. The molecule has 1 atom stereocenters. The summed E-state index contributed by atoms with van der Waals surface area (Å²) < 4.78 is 0. The summed E-state index contributed by atoms with van der Waals surface area (Å²) in [6.45, 7) is 16.7. The molecule has 1 heterocycles. The fraction of sp³-hybridized carbons (Fsp3) is 0.185. The van der Waals surface area contributed by atoms with Gasteiger partial charge in [-0.15, -0.1) is 0 Å². The number of fused-ring (bicyclic) bond motifs is 1. The molecule has 0 radical (unpaired) electrons. The summed E-state index contributed by atoms with van der Waals surface area (Å²) in [6.07, 6.45) is 8.85. The van der Waals surface area contributed by atoms with Gasteiger partial charge in [-0.05, 0) is 42.5 Å². The molecule has 1 aliphatic heterocycles. The first-order valence-corrected chi connectivity index (χ1v) is 9.99. The average molecular weight is 383 g/mol. The van der Waals surface area contributed by atoms with Crippen molar-refractivity contribution in [2.75, 3.05) is 11.9 Å². The van der Waals surface area contributed by atoms with Crippen LogP contribution in [0.15, 0.2) is 92.2 Å². The van der Waals surface area contributed by atoms with Crippen LogP contribution in [-0.4, -0.2) is 13.1 Å². The van der Waals surface area contributed by atoms with E-state index < -0.39 is 0 Å². The second kappa shape index (κ2) is 8.83. The number of likely N-dealkylation sites (N-methyl/N-ethyl adjacent to an activating group) is 1. The first kappa shape index (κ1) is 20.5. The summed E-state index contributed by atoms with van der Waals surface area (Å²) in [5.74, 6) is 0. The highest BCUT2D eigenvalue weighted by Crippen LogP contribution is 2.34. The van der Waals surface area contributed by atoms with Gasteiger partial charge in [0.2, 0.25) is 0 Å². The Kier molecular flexibility index (Phi) is 6.23. The molecule has 1 N–H and O–H groups in total. The highest BCUT2D eigenvalue weighted by Gasteiger charge is 2.26. The van der Waals surface area contributed by atoms with Crippen molar-refractivity contribution < 1.29 is 0 Å². The summed E-state index contributed by atoms with van der Waals surface area (Å²) in [6, 6.07) is 15.1. The maximum atomic E-state index is 4.39. The van der Waals surface area contributed by atoms with Crippen LogP contribution in [-0.2, 0) is 6.42 Å². The fourth-order valence-electron chi connectivity index (χ4n) is 3.89. The van der Waals surface area contributed by atoms with Gasteiger partial charge in [-0.1, -0.05) is 86.5 Å². The maximum absolute atomic E-state index is 4.39. The predicted molar refractivity (Wildman–Crippen MR) is 128 cm³/mol. The Balaban J connectivity index is 1.85. The second-order valence-electron chi connectivity index (χ2n) is 7.46. The molecule has 2 nitrogen and oxygen atoms in total. The number of aryl methyl sites for hydroxylation is 1. The average Bonchev–Trinajstić information content (AvgIpc) is 2.80. The SMILES string of the molecule is C=C/C=C(\C=C/C)c1ccc(CC2NC(=C)c3cccc(C)c3N(C)C2=C)cc1. The highest BCUT2D eigenvalue weighted by molar-refractivity contribution is 5.80. The van der Waals surface area contributed by atoms with Crippen LogP contribution in [0.4, 0.5) is 5.69 Å². The Labute approximate surface area is 175 Å². The topological polar surface area (TPSA) is 15.3 Å². The van der Waals surface area contributed by atoms with Crippen molar-refractivity contribution in [3.8, 4) is 0 Å². The lowest BCUT2D eigenvalue weighted by Gasteiger charge is -2.27. The molecule has 0 bridgehead atoms. The minimum Gasteiger partial charge on any atom is -0.376 e. The van der Waals surface area contributed by atoms with Gasteiger partial charge in [0.15, 0.2) is 0 Å². The van der Waals surface area contributed by atoms with Crippen molar-refractivity contribution in [2.24, 2.45) is 0 Å². The molecular formula is C27H30N2. The van der Waals surface area contributed by atoms with Gasteiger partial charge in [0.25, 0.3) is 0 Å². The third-order valence-electron chi connectivity index (χ3n) is 5.45. The second-order valence-corrected chi connectivity index (χ2v) is 7.46. The number of nitrogens with one attached hydrogen (secondary N) is 1. The molecule has 0 saturated carbocycles. The van der Waals surface area contributed by atoms with E-state index in [9.17, 15) is 0 Å². The quantitative estimate of drug-likeness (QED) is 0.613. The number of para-hydroxylation sites is 1. The van der Waals surface area contributed by atoms with Gasteiger partial charge in [0.1, 0.15) is 0 Å². The van der Waals surface area contributed by atoms with E-state index in [1.165, 1.54) is 22.4 Å². The van der Waals surface area contributed by atoms with Gasteiger partial charge in [-0.2, -0.15) is 0 Å². The molecule has 1 aliphatic rings. The smallest absolute Gasteiger partial charge is 0.0699 e. The highest BCUT2D eigenvalue weighted by atomic mass is 15.2. The van der Waals surface area contributed by atoms with Crippen LogP contribution in [0, 0.1) is 6.92 Å². The van der Waals surface area contributed by atoms with E-state index in [2.05, 4.69) is 92.5 Å². The summed E-state index contributed by atoms with van der Waals surface area (Å²) in [4.78, 5) is 2.20. The van der Waals surface area contributed by atoms with Crippen molar-refractivity contribution in [1.82, 2.24) is 5.32 Å². The molecule has 0 saturated heterocycles. The van der Waals surface area contributed by atoms with E-state index >= 15 is 0 Å². The van der Waals surface area contributed by atoms with E-state index in [1.807, 2.05) is 25.2 Å². The van der Waals surface area contributed by atoms with Gasteiger partial charge in [0.05, 0.1) is 11.7 Å². The third kappa shape index (κ3) is 4.27. The first-order chi connectivity index (χ1) is 14.0. The zero-order valence-corrected chi connectivity index (χ0v) is 17.7. The minimum atomic E-state index is 0.0869. The lowest BCUT2D eigenvalue weighted by molar-refractivity contribution is 0.665. The summed E-state index contributed by atoms with van der Waals surface area (Å²) in [5.41, 5.74) is 9.13. The molecule has 29 heavy (non-hydrogen) atoms. The normalized spacial score (nSPS) is 17.1. The van der Waals surface area contributed by atoms with E-state index in [-0.39, 0.29) is 6.04 Å². The monoisotopic (exact) mass is 382 g/mol. The van der Waals surface area contributed by atoms with Crippen molar-refractivity contribution in [3.05, 3.63) is 114 Å². The van der Waals surface area contributed by atoms with E-state index in [0.717, 1.165) is 29.0 Å². The van der Waals surface area contributed by atoms with Gasteiger partial charge in [-0.25, -0.2) is 0 Å². The van der Waals surface area contributed by atoms with Crippen LogP contribution < -0.4 is 10.2 Å². The van der Waals surface area contributed by atoms with Crippen molar-refractivity contribution in [3.63, 3.8) is 0 Å². The summed E-state index contributed by atoms with van der Waals surface area (Å²) in [7, 11) is 2.09. The Bertz CT molecular complexity index is 990. The minimum absolute atomic E-state index is 0.0869. The van der Waals surface area contributed by atoms with Crippen molar-refractivity contribution in [2.45, 2.75) is 26.3 Å². The molecular weight excluding hydrogens is 352 g/mol. The van der Waals surface area contributed by atoms with E-state index in [1.54, 1.807) is 0 Å². The molecule has 3 rings (SSSR count). The number of benzene rings is 2. The van der Waals surface area contributed by atoms with Crippen molar-refractivity contribution >= 4 is 17.0 Å². The largest absolute Gasteiger partial charge is 0.376 e. The van der Waals surface area contributed by atoms with Crippen LogP contribution >= 0.6 is 0 Å². The first-order valence-electron chi connectivity index (χ1n) is 9.99. The third-order valence-corrected chi connectivity index (χ3v) is 5.45. The fourth-order valence-corrected chi connectivity index (χ4v) is 3.89. The van der Waals surface area contributed by atoms with Crippen LogP contribution in [0.25, 0.3) is 11.3 Å². The number of hydrogen-bond acceptors (Lipinski definition) is 2. The molecule has 0 aromatic heterocycles. The number of rotatable bonds is 5. The van der Waals surface area contributed by atoms with Gasteiger partial charge in [0, 0.05) is 24.0 Å². The van der Waals surface area contributed by atoms with Crippen LogP contribution in [0.1, 0.15) is 29.2 Å². The van der Waals surface area contributed by atoms with Crippen molar-refractivity contribution in [1.29, 1.82) is 0 Å². The standard InChI is InChI=1S/C27H30N2/c1-7-10-23(11-8-2)24-16-14-22(15-17-24)18-26-21(5)29(6)27-19(3)12-9-13-25(27)20(4)28-26/h7-17,26,28H,1,4-5,18H2,2-3,6H3/b11-8-,23-10+. The predicted octanol–water partition coefficient (Wildman–Crippen LogP) is 6.28. The number of allylic oxidation sites excluding steroid dienone is 5. The molecule has 1 unspecified atom stereocenters. The van der Waals surface area contributed by atoms with Crippen LogP contribution in [0.5, 0.6) is 0 Å². The van der Waals surface area contributed by atoms with Gasteiger partial charge >= 0.3 is 0 Å². The maximum Gasteiger partial charge on any atom is 0.0699 e. The number of anilines is 1. The van der Waals surface area contributed by atoms with E-state index in [0.29, 0.717) is 0 Å². The van der Waals surface area contributed by atoms with Crippen LogP contribution in [0.2, 0.25) is 0 Å². The Morgan fingerprint density at radius 2 is 1.86 bits per heavy atom. The Hall–Kier alpha value is -3.26. The Morgan fingerprint density at radius 1 is 1.14 bits per heavy atom. The number of nitrogens with zero attached hydrogens (tertiary/aromatic N) is 1. The van der Waals surface area contributed by atoms with E-state index in [4.69, 9.17) is 0 Å². The molecule has 148 valence electrons. The lowest BCUT2D eigenvalue weighted by atomic mass is 9.99. The lowest BCUT2D eigenvalue weighted by Crippen LogP contribution is -2.35. The molecule has 2 aromatic carbocycles. The summed E-state index contributed by atoms with van der Waals surface area (Å²) >= 11 is 0. The van der Waals surface area contributed by atoms with Gasteiger partial charge in [-0.3, -0.25) is 0 Å². The molecule has 2 heteroatoms. The molecule has 0 spiro atoms. The number of hydrogen-bond donors (Lipinski definition) is 1. The molecule has 0 amide bonds. The van der Waals surface area contributed by atoms with Gasteiger partial charge < -0.3 is 10.2 Å². The summed E-state index contributed by atoms with van der Waals surface area (Å²) in [5, 5.41) is 3.60. The molecule has 0 aliphatic carbocycles. The molecule has 0 fully saturated rings. The molecule has 2 aromatic rings. The zero-order valence-electron chi connectivity index (χ0n) is 17.7. The zero-order chi connectivity index (χ0) is 21.0. The van der Waals surface area contributed by atoms with Crippen LogP contribution in [0.3, 0.4) is 0 Å².